The summed E-state index contributed by atoms with van der Waals surface area (Å²) in [5.74, 6) is -0.368. The molecule has 3 heteroatoms. The summed E-state index contributed by atoms with van der Waals surface area (Å²) < 4.78 is 0. The van der Waals surface area contributed by atoms with Crippen LogP contribution >= 0.6 is 0 Å². The third-order valence-electron chi connectivity index (χ3n) is 1.93. The molecule has 1 aromatic rings. The van der Waals surface area contributed by atoms with Crippen molar-refractivity contribution in [2.75, 3.05) is 0 Å². The molecule has 1 aromatic carbocycles. The maximum absolute atomic E-state index is 10.6. The van der Waals surface area contributed by atoms with Gasteiger partial charge < -0.3 is 11.5 Å². The highest BCUT2D eigenvalue weighted by molar-refractivity contribution is 5.74. The maximum Gasteiger partial charge on any atom is 0.219 e. The molecule has 0 heterocycles. The van der Waals surface area contributed by atoms with Crippen LogP contribution in [-0.2, 0) is 4.79 Å². The molecular weight excluding hydrogens is 164 g/mol. The molecular formula is C10H14N2O. The lowest BCUT2D eigenvalue weighted by Crippen LogP contribution is -2.20. The fourth-order valence-corrected chi connectivity index (χ4v) is 1.15. The average Bonchev–Trinajstić information content (AvgIpc) is 2.04. The lowest BCUT2D eigenvalue weighted by atomic mass is 10.0. The summed E-state index contributed by atoms with van der Waals surface area (Å²) in [4.78, 5) is 10.6. The molecule has 0 spiro atoms. The van der Waals surface area contributed by atoms with Gasteiger partial charge in [0.25, 0.3) is 0 Å². The Morgan fingerprint density at radius 3 is 2.38 bits per heavy atom. The van der Waals surface area contributed by atoms with E-state index >= 15 is 0 Å². The molecule has 1 rings (SSSR count). The number of primary amides is 1. The molecule has 70 valence electrons. The Balaban J connectivity index is 2.71. The normalized spacial score (nSPS) is 12.5. The van der Waals surface area contributed by atoms with Gasteiger partial charge in [0.2, 0.25) is 5.91 Å². The lowest BCUT2D eigenvalue weighted by Gasteiger charge is -2.09. The summed E-state index contributed by atoms with van der Waals surface area (Å²) in [5.41, 5.74) is 12.9. The number of amides is 1. The van der Waals surface area contributed by atoms with Gasteiger partial charge in [-0.3, -0.25) is 4.79 Å². The van der Waals surface area contributed by atoms with E-state index in [0.717, 1.165) is 5.56 Å². The van der Waals surface area contributed by atoms with Gasteiger partial charge in [0.05, 0.1) is 0 Å². The molecule has 1 amide bonds. The Kier molecular flexibility index (Phi) is 3.03. The van der Waals surface area contributed by atoms with Crippen LogP contribution in [0, 0.1) is 6.92 Å². The zero-order valence-electron chi connectivity index (χ0n) is 7.66. The molecule has 0 aromatic heterocycles. The van der Waals surface area contributed by atoms with Gasteiger partial charge in [0.15, 0.2) is 0 Å². The Morgan fingerprint density at radius 2 is 1.92 bits per heavy atom. The zero-order valence-corrected chi connectivity index (χ0v) is 7.66. The van der Waals surface area contributed by atoms with E-state index < -0.39 is 0 Å². The summed E-state index contributed by atoms with van der Waals surface area (Å²) in [7, 11) is 0. The molecule has 1 atom stereocenters. The van der Waals surface area contributed by atoms with E-state index in [1.807, 2.05) is 31.2 Å². The predicted octanol–water partition coefficient (Wildman–Crippen LogP) is 0.870. The van der Waals surface area contributed by atoms with E-state index in [1.165, 1.54) is 5.56 Å². The van der Waals surface area contributed by atoms with Crippen LogP contribution in [0.4, 0.5) is 0 Å². The Bertz CT molecular complexity index is 292. The first-order valence-electron chi connectivity index (χ1n) is 4.20. The highest BCUT2D eigenvalue weighted by Gasteiger charge is 2.07. The number of aryl methyl sites for hydroxylation is 1. The number of benzene rings is 1. The van der Waals surface area contributed by atoms with Gasteiger partial charge in [-0.05, 0) is 12.5 Å². The summed E-state index contributed by atoms with van der Waals surface area (Å²) in [6.07, 6.45) is 0.197. The van der Waals surface area contributed by atoms with Crippen LogP contribution in [0.25, 0.3) is 0 Å². The monoisotopic (exact) mass is 178 g/mol. The maximum atomic E-state index is 10.6. The van der Waals surface area contributed by atoms with Crippen LogP contribution < -0.4 is 11.5 Å². The van der Waals surface area contributed by atoms with Crippen molar-refractivity contribution in [3.05, 3.63) is 35.4 Å². The molecule has 0 aliphatic heterocycles. The van der Waals surface area contributed by atoms with Crippen LogP contribution in [0.1, 0.15) is 23.6 Å². The Morgan fingerprint density at radius 1 is 1.38 bits per heavy atom. The fourth-order valence-electron chi connectivity index (χ4n) is 1.15. The molecule has 0 unspecified atom stereocenters. The van der Waals surface area contributed by atoms with E-state index in [9.17, 15) is 4.79 Å². The number of carbonyl (C=O) groups excluding carboxylic acids is 1. The average molecular weight is 178 g/mol. The van der Waals surface area contributed by atoms with Gasteiger partial charge in [-0.25, -0.2) is 0 Å². The highest BCUT2D eigenvalue weighted by atomic mass is 16.1. The van der Waals surface area contributed by atoms with E-state index in [0.29, 0.717) is 0 Å². The first-order valence-corrected chi connectivity index (χ1v) is 4.20. The van der Waals surface area contributed by atoms with Gasteiger partial charge in [0.1, 0.15) is 0 Å². The number of carbonyl (C=O) groups is 1. The van der Waals surface area contributed by atoms with Crippen molar-refractivity contribution in [2.45, 2.75) is 19.4 Å². The molecule has 0 aliphatic rings. The third-order valence-corrected chi connectivity index (χ3v) is 1.93. The minimum Gasteiger partial charge on any atom is -0.370 e. The van der Waals surface area contributed by atoms with Crippen molar-refractivity contribution >= 4 is 5.91 Å². The fraction of sp³-hybridized carbons (Fsp3) is 0.300. The topological polar surface area (TPSA) is 69.1 Å². The molecule has 0 bridgehead atoms. The summed E-state index contributed by atoms with van der Waals surface area (Å²) in [6, 6.07) is 7.50. The van der Waals surface area contributed by atoms with Crippen LogP contribution in [0.3, 0.4) is 0 Å². The molecule has 13 heavy (non-hydrogen) atoms. The Labute approximate surface area is 77.7 Å². The van der Waals surface area contributed by atoms with Crippen LogP contribution in [0.5, 0.6) is 0 Å². The van der Waals surface area contributed by atoms with E-state index in [1.54, 1.807) is 0 Å². The zero-order chi connectivity index (χ0) is 9.84. The summed E-state index contributed by atoms with van der Waals surface area (Å²) in [5, 5.41) is 0. The molecule has 0 fully saturated rings. The van der Waals surface area contributed by atoms with Crippen LogP contribution in [0.15, 0.2) is 24.3 Å². The number of nitrogens with two attached hydrogens (primary N) is 2. The highest BCUT2D eigenvalue weighted by Crippen LogP contribution is 2.13. The van der Waals surface area contributed by atoms with E-state index in [-0.39, 0.29) is 18.4 Å². The smallest absolute Gasteiger partial charge is 0.219 e. The van der Waals surface area contributed by atoms with Crippen LogP contribution in [-0.4, -0.2) is 5.91 Å². The second-order valence-electron chi connectivity index (χ2n) is 3.19. The van der Waals surface area contributed by atoms with Crippen molar-refractivity contribution in [1.82, 2.24) is 0 Å². The lowest BCUT2D eigenvalue weighted by molar-refractivity contribution is -0.118. The minimum atomic E-state index is -0.368. The van der Waals surface area contributed by atoms with Gasteiger partial charge in [-0.15, -0.1) is 0 Å². The van der Waals surface area contributed by atoms with Crippen molar-refractivity contribution in [3.8, 4) is 0 Å². The minimum absolute atomic E-state index is 0.197. The molecule has 0 saturated heterocycles. The van der Waals surface area contributed by atoms with Crippen molar-refractivity contribution in [3.63, 3.8) is 0 Å². The summed E-state index contributed by atoms with van der Waals surface area (Å²) >= 11 is 0. The first-order chi connectivity index (χ1) is 6.09. The standard InChI is InChI=1S/C10H14N2O/c1-7-2-4-8(5-3-7)9(11)6-10(12)13/h2-5,9H,6,11H2,1H3,(H2,12,13)/t9-/m1/s1. The number of rotatable bonds is 3. The SMILES string of the molecule is Cc1ccc([C@H](N)CC(N)=O)cc1. The summed E-state index contributed by atoms with van der Waals surface area (Å²) in [6.45, 7) is 2.00. The van der Waals surface area contributed by atoms with Crippen LogP contribution in [0.2, 0.25) is 0 Å². The van der Waals surface area contributed by atoms with Crippen molar-refractivity contribution < 1.29 is 4.79 Å². The van der Waals surface area contributed by atoms with Gasteiger partial charge >= 0.3 is 0 Å². The van der Waals surface area contributed by atoms with E-state index in [2.05, 4.69) is 0 Å². The first kappa shape index (κ1) is 9.74. The third kappa shape index (κ3) is 2.87. The second-order valence-corrected chi connectivity index (χ2v) is 3.19. The van der Waals surface area contributed by atoms with E-state index in [4.69, 9.17) is 11.5 Å². The molecule has 0 saturated carbocycles. The van der Waals surface area contributed by atoms with Gasteiger partial charge in [-0.1, -0.05) is 29.8 Å². The largest absolute Gasteiger partial charge is 0.370 e. The van der Waals surface area contributed by atoms with Crippen molar-refractivity contribution in [2.24, 2.45) is 11.5 Å². The quantitative estimate of drug-likeness (QED) is 0.721. The molecule has 3 nitrogen and oxygen atoms in total. The molecule has 0 radical (unpaired) electrons. The van der Waals surface area contributed by atoms with Gasteiger partial charge in [-0.2, -0.15) is 0 Å². The van der Waals surface area contributed by atoms with Gasteiger partial charge in [0, 0.05) is 12.5 Å². The second kappa shape index (κ2) is 4.05. The number of hydrogen-bond acceptors (Lipinski definition) is 2. The molecule has 4 N–H and O–H groups in total. The number of hydrogen-bond donors (Lipinski definition) is 2. The Hall–Kier alpha value is -1.35. The predicted molar refractivity (Wildman–Crippen MR) is 51.9 cm³/mol. The molecule has 0 aliphatic carbocycles. The van der Waals surface area contributed by atoms with Crippen molar-refractivity contribution in [1.29, 1.82) is 0 Å².